The van der Waals surface area contributed by atoms with Crippen molar-refractivity contribution in [3.63, 3.8) is 0 Å². The van der Waals surface area contributed by atoms with Crippen LogP contribution in [0.3, 0.4) is 0 Å². The Morgan fingerprint density at radius 3 is 2.76 bits per heavy atom. The van der Waals surface area contributed by atoms with E-state index in [-0.39, 0.29) is 6.61 Å². The number of hydrogen-bond acceptors (Lipinski definition) is 7. The number of fused-ring (bicyclic) bond motifs is 1. The molecule has 2 aromatic heterocycles. The molecule has 0 aliphatic rings. The highest BCUT2D eigenvalue weighted by Gasteiger charge is 2.12. The Hall–Kier alpha value is -2.63. The van der Waals surface area contributed by atoms with Crippen LogP contribution >= 0.6 is 11.8 Å². The van der Waals surface area contributed by atoms with E-state index in [1.54, 1.807) is 28.8 Å². The van der Waals surface area contributed by atoms with Gasteiger partial charge in [0.05, 0.1) is 17.7 Å². The first-order valence-corrected chi connectivity index (χ1v) is 8.68. The Labute approximate surface area is 149 Å². The van der Waals surface area contributed by atoms with Gasteiger partial charge in [0.1, 0.15) is 12.4 Å². The smallest absolute Gasteiger partial charge is 0.253 e. The van der Waals surface area contributed by atoms with Crippen LogP contribution < -0.4 is 4.74 Å². The van der Waals surface area contributed by atoms with Gasteiger partial charge in [-0.15, -0.1) is 5.10 Å². The van der Waals surface area contributed by atoms with Crippen molar-refractivity contribution in [2.75, 3.05) is 12.4 Å². The molecule has 0 radical (unpaired) electrons. The summed E-state index contributed by atoms with van der Waals surface area (Å²) in [4.78, 5) is 8.71. The van der Waals surface area contributed by atoms with E-state index < -0.39 is 6.10 Å². The van der Waals surface area contributed by atoms with E-state index >= 15 is 0 Å². The van der Waals surface area contributed by atoms with Gasteiger partial charge in [-0.3, -0.25) is 0 Å². The molecule has 3 rings (SSSR count). The van der Waals surface area contributed by atoms with Crippen molar-refractivity contribution in [3.05, 3.63) is 47.3 Å². The van der Waals surface area contributed by atoms with Gasteiger partial charge in [-0.25, -0.2) is 9.50 Å². The second-order valence-corrected chi connectivity index (χ2v) is 6.54. The zero-order valence-electron chi connectivity index (χ0n) is 13.9. The van der Waals surface area contributed by atoms with Crippen LogP contribution in [0.25, 0.3) is 5.78 Å². The summed E-state index contributed by atoms with van der Waals surface area (Å²) in [5.41, 5.74) is 2.43. The summed E-state index contributed by atoms with van der Waals surface area (Å²) in [7, 11) is 0. The number of thioether (sulfide) groups is 1. The molecule has 0 spiro atoms. The minimum absolute atomic E-state index is 0.155. The van der Waals surface area contributed by atoms with Crippen LogP contribution in [0.1, 0.15) is 17.0 Å². The van der Waals surface area contributed by atoms with Crippen LogP contribution in [0.15, 0.2) is 35.5 Å². The van der Waals surface area contributed by atoms with Crippen molar-refractivity contribution in [1.82, 2.24) is 19.6 Å². The second kappa shape index (κ2) is 7.51. The third-order valence-electron chi connectivity index (χ3n) is 3.43. The predicted octanol–water partition coefficient (Wildman–Crippen LogP) is 2.14. The van der Waals surface area contributed by atoms with Crippen molar-refractivity contribution in [3.8, 4) is 11.8 Å². The average Bonchev–Trinajstić information content (AvgIpc) is 3.02. The van der Waals surface area contributed by atoms with Gasteiger partial charge >= 0.3 is 0 Å². The lowest BCUT2D eigenvalue weighted by Gasteiger charge is -2.11. The number of aliphatic hydroxyl groups excluding tert-OH is 1. The van der Waals surface area contributed by atoms with Crippen molar-refractivity contribution >= 4 is 17.5 Å². The van der Waals surface area contributed by atoms with Crippen LogP contribution in [0.2, 0.25) is 0 Å². The molecule has 2 heterocycles. The highest BCUT2D eigenvalue weighted by atomic mass is 32.2. The molecular formula is C17H17N5O2S. The lowest BCUT2D eigenvalue weighted by molar-refractivity contribution is 0.126. The van der Waals surface area contributed by atoms with E-state index in [1.165, 1.54) is 11.8 Å². The van der Waals surface area contributed by atoms with Crippen LogP contribution in [-0.4, -0.2) is 43.2 Å². The van der Waals surface area contributed by atoms with Gasteiger partial charge in [0.2, 0.25) is 5.16 Å². The van der Waals surface area contributed by atoms with Crippen molar-refractivity contribution in [2.45, 2.75) is 25.1 Å². The summed E-state index contributed by atoms with van der Waals surface area (Å²) in [5.74, 6) is 1.58. The molecule has 1 aromatic carbocycles. The zero-order chi connectivity index (χ0) is 17.8. The lowest BCUT2D eigenvalue weighted by atomic mass is 10.2. The van der Waals surface area contributed by atoms with E-state index in [4.69, 9.17) is 10.00 Å². The fourth-order valence-electron chi connectivity index (χ4n) is 2.25. The van der Waals surface area contributed by atoms with Crippen molar-refractivity contribution in [1.29, 1.82) is 5.26 Å². The molecule has 0 saturated heterocycles. The first kappa shape index (κ1) is 17.2. The van der Waals surface area contributed by atoms with Gasteiger partial charge in [-0.2, -0.15) is 10.2 Å². The summed E-state index contributed by atoms with van der Waals surface area (Å²) in [5, 5.41) is 23.8. The van der Waals surface area contributed by atoms with Crippen molar-refractivity contribution in [2.24, 2.45) is 0 Å². The molecule has 1 N–H and O–H groups in total. The molecule has 0 saturated carbocycles. The maximum atomic E-state index is 10.1. The van der Waals surface area contributed by atoms with Crippen LogP contribution in [0, 0.1) is 25.2 Å². The highest BCUT2D eigenvalue weighted by molar-refractivity contribution is 7.99. The summed E-state index contributed by atoms with van der Waals surface area (Å²) in [6.07, 6.45) is -0.664. The van der Waals surface area contributed by atoms with Gasteiger partial charge in [0, 0.05) is 17.1 Å². The Kier molecular flexibility index (Phi) is 5.16. The average molecular weight is 355 g/mol. The van der Waals surface area contributed by atoms with Gasteiger partial charge in [-0.1, -0.05) is 11.8 Å². The lowest BCUT2D eigenvalue weighted by Crippen LogP contribution is -2.20. The molecule has 1 unspecified atom stereocenters. The summed E-state index contributed by atoms with van der Waals surface area (Å²) in [6.45, 7) is 4.02. The number of ether oxygens (including phenoxy) is 1. The Morgan fingerprint density at radius 1 is 1.28 bits per heavy atom. The molecular weight excluding hydrogens is 338 g/mol. The standard InChI is InChI=1S/C17H17N5O2S/c1-11-7-12(2)22-16(19-11)20-17(21-22)25-10-14(23)9-24-15-5-3-13(8-18)4-6-15/h3-7,14,23H,9-10H2,1-2H3. The van der Waals surface area contributed by atoms with Crippen molar-refractivity contribution < 1.29 is 9.84 Å². The third-order valence-corrected chi connectivity index (χ3v) is 4.41. The molecule has 0 aliphatic carbocycles. The maximum Gasteiger partial charge on any atom is 0.253 e. The summed E-state index contributed by atoms with van der Waals surface area (Å²) in [6, 6.07) is 10.8. The molecule has 0 fully saturated rings. The minimum Gasteiger partial charge on any atom is -0.491 e. The van der Waals surface area contributed by atoms with Gasteiger partial charge in [0.25, 0.3) is 5.78 Å². The Bertz CT molecular complexity index is 917. The summed E-state index contributed by atoms with van der Waals surface area (Å²) >= 11 is 1.35. The minimum atomic E-state index is -0.664. The van der Waals surface area contributed by atoms with Gasteiger partial charge in [-0.05, 0) is 44.2 Å². The number of rotatable bonds is 6. The fourth-order valence-corrected chi connectivity index (χ4v) is 2.97. The molecule has 0 aliphatic heterocycles. The largest absolute Gasteiger partial charge is 0.491 e. The van der Waals surface area contributed by atoms with E-state index in [1.807, 2.05) is 26.0 Å². The van der Waals surface area contributed by atoms with E-state index in [9.17, 15) is 5.11 Å². The quantitative estimate of drug-likeness (QED) is 0.677. The number of nitrogens with zero attached hydrogens (tertiary/aromatic N) is 5. The molecule has 8 heteroatoms. The number of hydrogen-bond donors (Lipinski definition) is 1. The monoisotopic (exact) mass is 355 g/mol. The fraction of sp³-hybridized carbons (Fsp3) is 0.294. The number of aryl methyl sites for hydroxylation is 2. The van der Waals surface area contributed by atoms with Crippen LogP contribution in [0.4, 0.5) is 0 Å². The Morgan fingerprint density at radius 2 is 2.04 bits per heavy atom. The maximum absolute atomic E-state index is 10.1. The normalized spacial score (nSPS) is 12.1. The molecule has 1 atom stereocenters. The van der Waals surface area contributed by atoms with Crippen LogP contribution in [0.5, 0.6) is 5.75 Å². The molecule has 7 nitrogen and oxygen atoms in total. The van der Waals surface area contributed by atoms with E-state index in [0.717, 1.165) is 11.4 Å². The third kappa shape index (κ3) is 4.26. The number of nitriles is 1. The molecule has 25 heavy (non-hydrogen) atoms. The molecule has 0 bridgehead atoms. The van der Waals surface area contributed by atoms with Gasteiger partial charge < -0.3 is 9.84 Å². The SMILES string of the molecule is Cc1cc(C)n2nc(SCC(O)COc3ccc(C#N)cc3)nc2n1. The highest BCUT2D eigenvalue weighted by Crippen LogP contribution is 2.17. The number of aromatic nitrogens is 4. The Balaban J connectivity index is 1.54. The number of aliphatic hydroxyl groups is 1. The van der Waals surface area contributed by atoms with E-state index in [0.29, 0.717) is 28.0 Å². The first-order chi connectivity index (χ1) is 12.0. The topological polar surface area (TPSA) is 96.3 Å². The summed E-state index contributed by atoms with van der Waals surface area (Å²) < 4.78 is 7.21. The van der Waals surface area contributed by atoms with E-state index in [2.05, 4.69) is 15.1 Å². The molecule has 0 amide bonds. The predicted molar refractivity (Wildman–Crippen MR) is 93.6 cm³/mol. The zero-order valence-corrected chi connectivity index (χ0v) is 14.7. The van der Waals surface area contributed by atoms with Gasteiger partial charge in [0.15, 0.2) is 0 Å². The van der Waals surface area contributed by atoms with Crippen LogP contribution in [-0.2, 0) is 0 Å². The second-order valence-electron chi connectivity index (χ2n) is 5.56. The molecule has 128 valence electrons. The first-order valence-electron chi connectivity index (χ1n) is 7.70. The number of benzene rings is 1. The molecule has 3 aromatic rings.